The Hall–Kier alpha value is -0.210. The van der Waals surface area contributed by atoms with Gasteiger partial charge < -0.3 is 9.30 Å². The van der Waals surface area contributed by atoms with Gasteiger partial charge in [-0.2, -0.15) is 0 Å². The molecule has 100 valence electrons. The molecule has 0 N–H and O–H groups in total. The first kappa shape index (κ1) is 15.8. The van der Waals surface area contributed by atoms with E-state index in [0.29, 0.717) is 0 Å². The van der Waals surface area contributed by atoms with Crippen molar-refractivity contribution in [3.63, 3.8) is 0 Å². The van der Waals surface area contributed by atoms with Crippen molar-refractivity contribution in [1.82, 2.24) is 0 Å². The second-order valence-corrected chi connectivity index (χ2v) is 8.15. The average molecular weight is 330 g/mol. The number of esters is 1. The number of rotatable bonds is 4. The number of carbonyl (C=O) groups is 1. The molecule has 1 aromatic rings. The molecule has 0 aliphatic rings. The number of ether oxygens (including phenoxy) is 1. The Morgan fingerprint density at radius 1 is 1.33 bits per heavy atom. The smallest absolute Gasteiger partial charge is 0.350 e. The molecule has 0 fully saturated rings. The third-order valence-electron chi connectivity index (χ3n) is 2.00. The van der Waals surface area contributed by atoms with Crippen molar-refractivity contribution >= 4 is 53.9 Å². The summed E-state index contributed by atoms with van der Waals surface area (Å²) in [6.45, 7) is 3.29. The minimum atomic E-state index is -2.84. The average Bonchev–Trinajstić information content (AvgIpc) is 2.27. The molecule has 1 aromatic carbocycles. The predicted molar refractivity (Wildman–Crippen MR) is 75.8 cm³/mol. The van der Waals surface area contributed by atoms with Crippen LogP contribution in [0.3, 0.4) is 0 Å². The third kappa shape index (κ3) is 3.64. The summed E-state index contributed by atoms with van der Waals surface area (Å²) in [5, 5.41) is 0.513. The molecule has 0 radical (unpaired) electrons. The van der Waals surface area contributed by atoms with Crippen LogP contribution in [0.1, 0.15) is 13.8 Å². The van der Waals surface area contributed by atoms with E-state index in [4.69, 9.17) is 39.5 Å². The zero-order valence-electron chi connectivity index (χ0n) is 9.75. The van der Waals surface area contributed by atoms with Gasteiger partial charge in [0.25, 0.3) is 4.07 Å². The van der Waals surface area contributed by atoms with Crippen molar-refractivity contribution in [3.8, 4) is 0 Å². The molecule has 0 spiro atoms. The van der Waals surface area contributed by atoms with Crippen LogP contribution in [0.15, 0.2) is 24.3 Å². The van der Waals surface area contributed by atoms with E-state index in [9.17, 15) is 9.36 Å². The second kappa shape index (κ2) is 6.29. The van der Waals surface area contributed by atoms with Gasteiger partial charge in [0, 0.05) is 5.30 Å². The molecule has 0 heterocycles. The van der Waals surface area contributed by atoms with E-state index in [1.165, 1.54) is 6.07 Å². The van der Waals surface area contributed by atoms with E-state index < -0.39 is 23.9 Å². The zero-order chi connectivity index (χ0) is 13.9. The van der Waals surface area contributed by atoms with Crippen LogP contribution in [0.4, 0.5) is 0 Å². The fourth-order valence-electron chi connectivity index (χ4n) is 1.20. The number of benzene rings is 1. The van der Waals surface area contributed by atoms with E-state index in [0.717, 1.165) is 0 Å². The summed E-state index contributed by atoms with van der Waals surface area (Å²) >= 11 is 17.6. The van der Waals surface area contributed by atoms with Crippen LogP contribution in [-0.2, 0) is 14.1 Å². The third-order valence-corrected chi connectivity index (χ3v) is 5.53. The van der Waals surface area contributed by atoms with E-state index in [-0.39, 0.29) is 10.3 Å². The van der Waals surface area contributed by atoms with Gasteiger partial charge in [0.05, 0.1) is 11.1 Å². The van der Waals surface area contributed by atoms with Gasteiger partial charge in [0.1, 0.15) is 0 Å². The largest absolute Gasteiger partial charge is 0.460 e. The standard InChI is InChI=1S/C11H12Cl3O3P/c1-7(2)17-10(15)11(13,14)18(16)9-6-4-3-5-8(9)12/h3-7,18H,1-2H3. The SMILES string of the molecule is CC(C)OC(=O)C(Cl)(Cl)[PH](=O)c1ccccc1Cl. The van der Waals surface area contributed by atoms with Crippen molar-refractivity contribution in [2.45, 2.75) is 24.0 Å². The lowest BCUT2D eigenvalue weighted by Gasteiger charge is -2.20. The highest BCUT2D eigenvalue weighted by Crippen LogP contribution is 2.47. The summed E-state index contributed by atoms with van der Waals surface area (Å²) in [5.74, 6) is -0.926. The summed E-state index contributed by atoms with van der Waals surface area (Å²) in [7, 11) is -2.84. The molecular weight excluding hydrogens is 317 g/mol. The summed E-state index contributed by atoms with van der Waals surface area (Å²) in [5.41, 5.74) is 0. The minimum Gasteiger partial charge on any atom is -0.460 e. The molecule has 18 heavy (non-hydrogen) atoms. The first-order valence-corrected chi connectivity index (χ1v) is 7.69. The van der Waals surface area contributed by atoms with Crippen LogP contribution in [0.25, 0.3) is 0 Å². The highest BCUT2D eigenvalue weighted by atomic mass is 35.5. The summed E-state index contributed by atoms with van der Waals surface area (Å²) in [4.78, 5) is 11.7. The molecule has 0 aliphatic carbocycles. The van der Waals surface area contributed by atoms with E-state index in [1.807, 2.05) is 0 Å². The number of hydrogen-bond acceptors (Lipinski definition) is 3. The zero-order valence-corrected chi connectivity index (χ0v) is 13.0. The predicted octanol–water partition coefficient (Wildman–Crippen LogP) is 3.61. The topological polar surface area (TPSA) is 43.4 Å². The van der Waals surface area contributed by atoms with Crippen molar-refractivity contribution < 1.29 is 14.1 Å². The molecule has 3 nitrogen and oxygen atoms in total. The Labute approximate surface area is 121 Å². The Morgan fingerprint density at radius 2 is 1.89 bits per heavy atom. The summed E-state index contributed by atoms with van der Waals surface area (Å²) < 4.78 is 15.0. The maximum absolute atomic E-state index is 12.2. The van der Waals surface area contributed by atoms with Gasteiger partial charge >= 0.3 is 5.97 Å². The van der Waals surface area contributed by atoms with Gasteiger partial charge in [0.15, 0.2) is 7.80 Å². The number of halogens is 3. The van der Waals surface area contributed by atoms with Gasteiger partial charge in [-0.3, -0.25) is 0 Å². The summed E-state index contributed by atoms with van der Waals surface area (Å²) in [6.07, 6.45) is -0.393. The molecule has 1 rings (SSSR count). The van der Waals surface area contributed by atoms with Crippen molar-refractivity contribution in [2.75, 3.05) is 0 Å². The second-order valence-electron chi connectivity index (χ2n) is 3.84. The Morgan fingerprint density at radius 3 is 2.39 bits per heavy atom. The van der Waals surface area contributed by atoms with Crippen LogP contribution in [0.5, 0.6) is 0 Å². The van der Waals surface area contributed by atoms with E-state index >= 15 is 0 Å². The minimum absolute atomic E-state index is 0.254. The maximum Gasteiger partial charge on any atom is 0.350 e. The normalized spacial score (nSPS) is 13.4. The first-order valence-electron chi connectivity index (χ1n) is 5.15. The van der Waals surface area contributed by atoms with Crippen LogP contribution in [-0.4, -0.2) is 16.1 Å². The summed E-state index contributed by atoms with van der Waals surface area (Å²) in [6, 6.07) is 6.39. The Kier molecular flexibility index (Phi) is 5.54. The van der Waals surface area contributed by atoms with Crippen LogP contribution in [0.2, 0.25) is 5.02 Å². The van der Waals surface area contributed by atoms with Gasteiger partial charge in [-0.05, 0) is 19.9 Å². The number of hydrogen-bond donors (Lipinski definition) is 0. The Bertz CT molecular complexity index is 474. The van der Waals surface area contributed by atoms with Crippen molar-refractivity contribution in [1.29, 1.82) is 0 Å². The lowest BCUT2D eigenvalue weighted by atomic mass is 10.4. The molecular formula is C11H12Cl3O3P. The molecule has 0 saturated heterocycles. The molecule has 7 heteroatoms. The lowest BCUT2D eigenvalue weighted by molar-refractivity contribution is -0.146. The Balaban J connectivity index is 3.02. The van der Waals surface area contributed by atoms with E-state index in [1.54, 1.807) is 32.0 Å². The molecule has 1 atom stereocenters. The van der Waals surface area contributed by atoms with Crippen molar-refractivity contribution in [2.24, 2.45) is 0 Å². The fraction of sp³-hybridized carbons (Fsp3) is 0.364. The first-order chi connectivity index (χ1) is 8.26. The van der Waals surface area contributed by atoms with Crippen LogP contribution in [0, 0.1) is 0 Å². The fourth-order valence-corrected chi connectivity index (χ4v) is 3.42. The van der Waals surface area contributed by atoms with Gasteiger partial charge in [0.2, 0.25) is 0 Å². The molecule has 1 unspecified atom stereocenters. The maximum atomic E-state index is 12.2. The quantitative estimate of drug-likeness (QED) is 0.481. The monoisotopic (exact) mass is 328 g/mol. The van der Waals surface area contributed by atoms with Crippen LogP contribution >= 0.6 is 42.6 Å². The van der Waals surface area contributed by atoms with Crippen molar-refractivity contribution in [3.05, 3.63) is 29.3 Å². The molecule has 0 saturated carbocycles. The highest BCUT2D eigenvalue weighted by molar-refractivity contribution is 7.61. The highest BCUT2D eigenvalue weighted by Gasteiger charge is 2.43. The number of carbonyl (C=O) groups excluding carboxylic acids is 1. The lowest BCUT2D eigenvalue weighted by Crippen LogP contribution is -2.29. The number of alkyl halides is 2. The molecule has 0 bridgehead atoms. The van der Waals surface area contributed by atoms with Gasteiger partial charge in [-0.25, -0.2) is 4.79 Å². The molecule has 0 aromatic heterocycles. The van der Waals surface area contributed by atoms with Gasteiger partial charge in [-0.1, -0.05) is 53.0 Å². The van der Waals surface area contributed by atoms with Gasteiger partial charge in [-0.15, -0.1) is 0 Å². The molecule has 0 amide bonds. The molecule has 0 aliphatic heterocycles. The van der Waals surface area contributed by atoms with E-state index in [2.05, 4.69) is 0 Å². The van der Waals surface area contributed by atoms with Crippen LogP contribution < -0.4 is 5.30 Å².